The molecule has 126 valence electrons. The van der Waals surface area contributed by atoms with E-state index in [9.17, 15) is 9.59 Å². The SMILES string of the molecule is CC(=O)OC1CC(C)(COCc2ccccc2)OC1OC(C)=O. The van der Waals surface area contributed by atoms with Crippen molar-refractivity contribution in [1.29, 1.82) is 0 Å². The number of carbonyl (C=O) groups is 2. The van der Waals surface area contributed by atoms with Gasteiger partial charge in [-0.1, -0.05) is 30.3 Å². The fourth-order valence-electron chi connectivity index (χ4n) is 2.55. The average molecular weight is 322 g/mol. The van der Waals surface area contributed by atoms with Crippen LogP contribution in [-0.4, -0.2) is 36.5 Å². The van der Waals surface area contributed by atoms with Crippen LogP contribution in [0.2, 0.25) is 0 Å². The van der Waals surface area contributed by atoms with Crippen molar-refractivity contribution >= 4 is 11.9 Å². The second-order valence-corrected chi connectivity index (χ2v) is 5.88. The molecule has 0 aromatic heterocycles. The number of carbonyl (C=O) groups excluding carboxylic acids is 2. The molecule has 2 rings (SSSR count). The van der Waals surface area contributed by atoms with Gasteiger partial charge in [0, 0.05) is 20.3 Å². The molecule has 0 amide bonds. The highest BCUT2D eigenvalue weighted by molar-refractivity contribution is 5.67. The van der Waals surface area contributed by atoms with E-state index in [1.165, 1.54) is 13.8 Å². The summed E-state index contributed by atoms with van der Waals surface area (Å²) in [6.07, 6.45) is -1.12. The summed E-state index contributed by atoms with van der Waals surface area (Å²) in [7, 11) is 0. The van der Waals surface area contributed by atoms with E-state index in [1.807, 2.05) is 37.3 Å². The van der Waals surface area contributed by atoms with Crippen molar-refractivity contribution in [3.63, 3.8) is 0 Å². The fraction of sp³-hybridized carbons (Fsp3) is 0.529. The normalized spacial score (nSPS) is 26.7. The Morgan fingerprint density at radius 2 is 1.83 bits per heavy atom. The van der Waals surface area contributed by atoms with Crippen molar-refractivity contribution in [2.45, 2.75) is 51.8 Å². The van der Waals surface area contributed by atoms with Crippen LogP contribution in [0.15, 0.2) is 30.3 Å². The maximum Gasteiger partial charge on any atom is 0.305 e. The van der Waals surface area contributed by atoms with Crippen LogP contribution in [-0.2, 0) is 35.1 Å². The average Bonchev–Trinajstić information content (AvgIpc) is 2.74. The summed E-state index contributed by atoms with van der Waals surface area (Å²) in [4.78, 5) is 22.4. The second kappa shape index (κ2) is 7.57. The fourth-order valence-corrected chi connectivity index (χ4v) is 2.55. The Morgan fingerprint density at radius 3 is 2.43 bits per heavy atom. The largest absolute Gasteiger partial charge is 0.456 e. The molecule has 3 unspecified atom stereocenters. The van der Waals surface area contributed by atoms with E-state index in [0.29, 0.717) is 19.6 Å². The Morgan fingerprint density at radius 1 is 1.17 bits per heavy atom. The molecule has 23 heavy (non-hydrogen) atoms. The molecule has 0 saturated carbocycles. The van der Waals surface area contributed by atoms with Crippen LogP contribution in [0.4, 0.5) is 0 Å². The monoisotopic (exact) mass is 322 g/mol. The van der Waals surface area contributed by atoms with Crippen molar-refractivity contribution < 1.29 is 28.5 Å². The molecule has 1 aromatic rings. The second-order valence-electron chi connectivity index (χ2n) is 5.88. The molecule has 0 bridgehead atoms. The third-order valence-corrected chi connectivity index (χ3v) is 3.46. The summed E-state index contributed by atoms with van der Waals surface area (Å²) in [5, 5.41) is 0. The molecule has 0 N–H and O–H groups in total. The van der Waals surface area contributed by atoms with Gasteiger partial charge >= 0.3 is 11.9 Å². The molecule has 1 aliphatic rings. The first-order valence-electron chi connectivity index (χ1n) is 7.52. The third kappa shape index (κ3) is 5.33. The number of esters is 2. The van der Waals surface area contributed by atoms with E-state index in [-0.39, 0.29) is 0 Å². The molecule has 1 fully saturated rings. The van der Waals surface area contributed by atoms with Crippen LogP contribution < -0.4 is 0 Å². The summed E-state index contributed by atoms with van der Waals surface area (Å²) in [6.45, 7) is 5.20. The number of hydrogen-bond acceptors (Lipinski definition) is 6. The predicted octanol–water partition coefficient (Wildman–Crippen LogP) is 2.20. The highest BCUT2D eigenvalue weighted by Crippen LogP contribution is 2.33. The van der Waals surface area contributed by atoms with Crippen molar-refractivity contribution in [1.82, 2.24) is 0 Å². The molecule has 1 aromatic carbocycles. The molecule has 6 heteroatoms. The zero-order chi connectivity index (χ0) is 16.9. The summed E-state index contributed by atoms with van der Waals surface area (Å²) < 4.78 is 21.8. The molecule has 1 saturated heterocycles. The Kier molecular flexibility index (Phi) is 5.74. The van der Waals surface area contributed by atoms with E-state index in [4.69, 9.17) is 18.9 Å². The molecule has 0 spiro atoms. The van der Waals surface area contributed by atoms with Crippen LogP contribution >= 0.6 is 0 Å². The van der Waals surface area contributed by atoms with Gasteiger partial charge in [0.1, 0.15) is 0 Å². The lowest BCUT2D eigenvalue weighted by molar-refractivity contribution is -0.208. The van der Waals surface area contributed by atoms with Gasteiger partial charge in [-0.3, -0.25) is 9.59 Å². The molecule has 1 aliphatic heterocycles. The number of rotatable bonds is 6. The van der Waals surface area contributed by atoms with Crippen molar-refractivity contribution in [3.8, 4) is 0 Å². The van der Waals surface area contributed by atoms with Gasteiger partial charge in [-0.2, -0.15) is 0 Å². The van der Waals surface area contributed by atoms with Gasteiger partial charge in [0.2, 0.25) is 6.29 Å². The summed E-state index contributed by atoms with van der Waals surface area (Å²) in [5.74, 6) is -0.924. The van der Waals surface area contributed by atoms with Gasteiger partial charge < -0.3 is 18.9 Å². The lowest BCUT2D eigenvalue weighted by Gasteiger charge is -2.23. The van der Waals surface area contributed by atoms with Crippen LogP contribution in [0.25, 0.3) is 0 Å². The summed E-state index contributed by atoms with van der Waals surface area (Å²) in [6, 6.07) is 9.78. The minimum atomic E-state index is -0.901. The topological polar surface area (TPSA) is 71.1 Å². The lowest BCUT2D eigenvalue weighted by Crippen LogP contribution is -2.32. The molecular weight excluding hydrogens is 300 g/mol. The van der Waals surface area contributed by atoms with Crippen LogP contribution in [0.3, 0.4) is 0 Å². The Labute approximate surface area is 135 Å². The first-order valence-corrected chi connectivity index (χ1v) is 7.52. The van der Waals surface area contributed by atoms with Gasteiger partial charge in [0.05, 0.1) is 18.8 Å². The molecule has 0 aliphatic carbocycles. The van der Waals surface area contributed by atoms with Crippen LogP contribution in [0, 0.1) is 0 Å². The van der Waals surface area contributed by atoms with Crippen molar-refractivity contribution in [2.24, 2.45) is 0 Å². The van der Waals surface area contributed by atoms with E-state index in [1.54, 1.807) is 0 Å². The maximum absolute atomic E-state index is 11.2. The van der Waals surface area contributed by atoms with Crippen LogP contribution in [0.1, 0.15) is 32.8 Å². The first-order chi connectivity index (χ1) is 10.9. The van der Waals surface area contributed by atoms with Crippen LogP contribution in [0.5, 0.6) is 0 Å². The quantitative estimate of drug-likeness (QED) is 0.748. The minimum absolute atomic E-state index is 0.303. The maximum atomic E-state index is 11.2. The summed E-state index contributed by atoms with van der Waals surface area (Å²) in [5.41, 5.74) is 0.372. The highest BCUT2D eigenvalue weighted by Gasteiger charge is 2.47. The standard InChI is InChI=1S/C17H22O6/c1-12(18)21-15-9-17(3,23-16(15)22-13(2)19)11-20-10-14-7-5-4-6-8-14/h4-8,15-16H,9-11H2,1-3H3. The molecular formula is C17H22O6. The Bertz CT molecular complexity index is 517. The zero-order valence-corrected chi connectivity index (χ0v) is 13.6. The summed E-state index contributed by atoms with van der Waals surface area (Å²) >= 11 is 0. The molecule has 0 radical (unpaired) electrons. The number of hydrogen-bond donors (Lipinski definition) is 0. The van der Waals surface area contributed by atoms with E-state index >= 15 is 0 Å². The zero-order valence-electron chi connectivity index (χ0n) is 13.6. The molecule has 1 heterocycles. The van der Waals surface area contributed by atoms with Gasteiger partial charge in [-0.15, -0.1) is 0 Å². The molecule has 3 atom stereocenters. The van der Waals surface area contributed by atoms with Gasteiger partial charge in [-0.25, -0.2) is 0 Å². The smallest absolute Gasteiger partial charge is 0.305 e. The van der Waals surface area contributed by atoms with Crippen molar-refractivity contribution in [2.75, 3.05) is 6.61 Å². The lowest BCUT2D eigenvalue weighted by atomic mass is 10.0. The number of benzene rings is 1. The predicted molar refractivity (Wildman–Crippen MR) is 81.3 cm³/mol. The van der Waals surface area contributed by atoms with Gasteiger partial charge in [0.15, 0.2) is 6.10 Å². The number of ether oxygens (including phenoxy) is 4. The molecule has 6 nitrogen and oxygen atoms in total. The Balaban J connectivity index is 1.92. The third-order valence-electron chi connectivity index (χ3n) is 3.46. The van der Waals surface area contributed by atoms with E-state index < -0.39 is 29.9 Å². The van der Waals surface area contributed by atoms with Gasteiger partial charge in [0.25, 0.3) is 0 Å². The minimum Gasteiger partial charge on any atom is -0.456 e. The Hall–Kier alpha value is -1.92. The first kappa shape index (κ1) is 17.4. The van der Waals surface area contributed by atoms with E-state index in [2.05, 4.69) is 0 Å². The van der Waals surface area contributed by atoms with Gasteiger partial charge in [-0.05, 0) is 12.5 Å². The highest BCUT2D eigenvalue weighted by atomic mass is 16.7. The van der Waals surface area contributed by atoms with Crippen molar-refractivity contribution in [3.05, 3.63) is 35.9 Å². The van der Waals surface area contributed by atoms with E-state index in [0.717, 1.165) is 5.56 Å².